The number of amides is 2. The number of rotatable bonds is 6. The average molecular weight is 489 g/mol. The van der Waals surface area contributed by atoms with Crippen molar-refractivity contribution in [3.63, 3.8) is 0 Å². The number of ether oxygens (including phenoxy) is 1. The molecule has 0 saturated heterocycles. The molecule has 3 aliphatic carbocycles. The molecule has 2 amide bonds. The summed E-state index contributed by atoms with van der Waals surface area (Å²) in [5.74, 6) is -0.933. The summed E-state index contributed by atoms with van der Waals surface area (Å²) in [6.45, 7) is 0. The van der Waals surface area contributed by atoms with Crippen molar-refractivity contribution in [2.24, 2.45) is 5.92 Å². The monoisotopic (exact) mass is 488 g/mol. The first kappa shape index (κ1) is 23.1. The highest BCUT2D eigenvalue weighted by atomic mass is 16.6. The first-order chi connectivity index (χ1) is 17.5. The van der Waals surface area contributed by atoms with Gasteiger partial charge in [0.05, 0.1) is 18.2 Å². The normalized spacial score (nSPS) is 24.6. The van der Waals surface area contributed by atoms with Gasteiger partial charge in [0.1, 0.15) is 6.10 Å². The van der Waals surface area contributed by atoms with Crippen LogP contribution in [-0.4, -0.2) is 46.2 Å². The van der Waals surface area contributed by atoms with Crippen molar-refractivity contribution in [3.8, 4) is 0 Å². The van der Waals surface area contributed by atoms with E-state index < -0.39 is 5.97 Å². The van der Waals surface area contributed by atoms with Crippen LogP contribution in [0.2, 0.25) is 0 Å². The topological polar surface area (TPSA) is 87.2 Å². The molecule has 0 aromatic heterocycles. The van der Waals surface area contributed by atoms with Gasteiger partial charge in [0, 0.05) is 37.3 Å². The Morgan fingerprint density at radius 3 is 2.31 bits per heavy atom. The number of hydrogen-bond acceptors (Lipinski definition) is 4. The van der Waals surface area contributed by atoms with Crippen molar-refractivity contribution in [1.29, 1.82) is 0 Å². The van der Waals surface area contributed by atoms with Crippen LogP contribution in [0, 0.1) is 5.92 Å². The van der Waals surface area contributed by atoms with Crippen molar-refractivity contribution in [2.75, 3.05) is 4.90 Å². The Kier molecular flexibility index (Phi) is 5.94. The summed E-state index contributed by atoms with van der Waals surface area (Å²) in [5.41, 5.74) is 4.28. The minimum absolute atomic E-state index is 0.00980. The van der Waals surface area contributed by atoms with Crippen LogP contribution >= 0.6 is 0 Å². The second-order valence-electron chi connectivity index (χ2n) is 10.6. The molecule has 1 heterocycles. The zero-order valence-corrected chi connectivity index (χ0v) is 20.3. The van der Waals surface area contributed by atoms with E-state index in [0.29, 0.717) is 0 Å². The number of carbonyl (C=O) groups excluding carboxylic acids is 2. The number of carboxylic acids is 1. The molecule has 6 rings (SSSR count). The molecule has 1 aliphatic heterocycles. The van der Waals surface area contributed by atoms with Gasteiger partial charge in [0.25, 0.3) is 0 Å². The van der Waals surface area contributed by atoms with E-state index in [-0.39, 0.29) is 55.0 Å². The Morgan fingerprint density at radius 2 is 1.61 bits per heavy atom. The number of hydrogen-bond donors (Lipinski definition) is 1. The van der Waals surface area contributed by atoms with E-state index in [2.05, 4.69) is 12.1 Å². The maximum atomic E-state index is 13.7. The van der Waals surface area contributed by atoms with E-state index in [1.165, 1.54) is 11.1 Å². The van der Waals surface area contributed by atoms with E-state index in [4.69, 9.17) is 9.84 Å². The van der Waals surface area contributed by atoms with E-state index in [1.807, 2.05) is 46.2 Å². The molecule has 2 aromatic carbocycles. The summed E-state index contributed by atoms with van der Waals surface area (Å²) >= 11 is 0. The molecule has 7 nitrogen and oxygen atoms in total. The smallest absolute Gasteiger partial charge is 0.414 e. The Bertz CT molecular complexity index is 1170. The number of anilines is 1. The predicted molar refractivity (Wildman–Crippen MR) is 134 cm³/mol. The van der Waals surface area contributed by atoms with Crippen molar-refractivity contribution in [1.82, 2.24) is 4.90 Å². The summed E-state index contributed by atoms with van der Waals surface area (Å²) < 4.78 is 6.11. The van der Waals surface area contributed by atoms with Crippen LogP contribution in [0.5, 0.6) is 0 Å². The molecule has 0 radical (unpaired) electrons. The van der Waals surface area contributed by atoms with Crippen molar-refractivity contribution in [2.45, 2.75) is 82.0 Å². The number of fused-ring (bicyclic) bond motifs is 3. The zero-order valence-electron chi connectivity index (χ0n) is 20.3. The molecule has 36 heavy (non-hydrogen) atoms. The van der Waals surface area contributed by atoms with Crippen molar-refractivity contribution < 1.29 is 24.2 Å². The molecule has 2 saturated carbocycles. The standard InChI is InChI=1S/C29H32N2O5/c32-26(14-15-27(33)34)30(20-12-13-20)28-22-8-3-4-10-24(22)31(25-11-5-9-23(25)28)29(35)36-21-16-18-6-1-2-7-19(18)17-21/h1-4,6-8,10,20-21,23,25,28H,5,9,11-17H2,(H,33,34). The highest BCUT2D eigenvalue weighted by molar-refractivity contribution is 5.91. The average Bonchev–Trinajstić information content (AvgIpc) is 3.43. The second-order valence-corrected chi connectivity index (χ2v) is 10.6. The fourth-order valence-corrected chi connectivity index (χ4v) is 6.70. The highest BCUT2D eigenvalue weighted by Gasteiger charge is 2.51. The van der Waals surface area contributed by atoms with Crippen LogP contribution in [0.4, 0.5) is 10.5 Å². The largest absolute Gasteiger partial charge is 0.481 e. The molecule has 188 valence electrons. The SMILES string of the molecule is O=C(O)CCC(=O)N(C1CC1)C1c2ccccc2N(C(=O)OC2Cc3ccccc3C2)C2CCCC21. The van der Waals surface area contributed by atoms with Crippen LogP contribution < -0.4 is 4.90 Å². The third kappa shape index (κ3) is 4.14. The van der Waals surface area contributed by atoms with E-state index in [9.17, 15) is 14.4 Å². The lowest BCUT2D eigenvalue weighted by molar-refractivity contribution is -0.142. The van der Waals surface area contributed by atoms with Gasteiger partial charge in [-0.15, -0.1) is 0 Å². The molecule has 4 aliphatic rings. The van der Waals surface area contributed by atoms with Crippen LogP contribution in [-0.2, 0) is 27.2 Å². The summed E-state index contributed by atoms with van der Waals surface area (Å²) in [4.78, 5) is 42.0. The van der Waals surface area contributed by atoms with Crippen LogP contribution in [0.3, 0.4) is 0 Å². The van der Waals surface area contributed by atoms with E-state index in [1.54, 1.807) is 0 Å². The van der Waals surface area contributed by atoms with Gasteiger partial charge in [-0.25, -0.2) is 4.79 Å². The van der Waals surface area contributed by atoms with Crippen molar-refractivity contribution >= 4 is 23.7 Å². The molecule has 0 bridgehead atoms. The van der Waals surface area contributed by atoms with Gasteiger partial charge in [-0.3, -0.25) is 14.5 Å². The lowest BCUT2D eigenvalue weighted by atomic mass is 9.81. The first-order valence-electron chi connectivity index (χ1n) is 13.2. The van der Waals surface area contributed by atoms with Gasteiger partial charge in [-0.1, -0.05) is 48.9 Å². The molecule has 3 atom stereocenters. The number of carbonyl (C=O) groups is 3. The molecular weight excluding hydrogens is 456 g/mol. The van der Waals surface area contributed by atoms with Gasteiger partial charge in [0.15, 0.2) is 0 Å². The summed E-state index contributed by atoms with van der Waals surface area (Å²) in [6.07, 6.45) is 5.54. The maximum Gasteiger partial charge on any atom is 0.414 e. The Balaban J connectivity index is 1.30. The summed E-state index contributed by atoms with van der Waals surface area (Å²) in [7, 11) is 0. The molecule has 1 N–H and O–H groups in total. The van der Waals surface area contributed by atoms with E-state index >= 15 is 0 Å². The molecule has 2 fully saturated rings. The first-order valence-corrected chi connectivity index (χ1v) is 13.2. The summed E-state index contributed by atoms with van der Waals surface area (Å²) in [6, 6.07) is 16.1. The van der Waals surface area contributed by atoms with Crippen molar-refractivity contribution in [3.05, 3.63) is 65.2 Å². The van der Waals surface area contributed by atoms with Gasteiger partial charge in [-0.2, -0.15) is 0 Å². The van der Waals surface area contributed by atoms with Gasteiger partial charge in [0.2, 0.25) is 5.91 Å². The molecular formula is C29H32N2O5. The highest BCUT2D eigenvalue weighted by Crippen LogP contribution is 2.52. The summed E-state index contributed by atoms with van der Waals surface area (Å²) in [5, 5.41) is 9.16. The van der Waals surface area contributed by atoms with E-state index in [0.717, 1.165) is 56.2 Å². The van der Waals surface area contributed by atoms with Gasteiger partial charge in [-0.05, 0) is 48.4 Å². The van der Waals surface area contributed by atoms with Gasteiger partial charge < -0.3 is 14.7 Å². The third-order valence-electron chi connectivity index (χ3n) is 8.34. The fourth-order valence-electron chi connectivity index (χ4n) is 6.70. The number of benzene rings is 2. The number of nitrogens with zero attached hydrogens (tertiary/aromatic N) is 2. The van der Waals surface area contributed by atoms with Crippen LogP contribution in [0.25, 0.3) is 0 Å². The quantitative estimate of drug-likeness (QED) is 0.627. The fraction of sp³-hybridized carbons (Fsp3) is 0.483. The minimum Gasteiger partial charge on any atom is -0.481 e. The molecule has 3 unspecified atom stereocenters. The lowest BCUT2D eigenvalue weighted by Gasteiger charge is -2.47. The Morgan fingerprint density at radius 1 is 0.917 bits per heavy atom. The number of aliphatic carboxylic acids is 1. The number of carboxylic acid groups (broad SMARTS) is 1. The van der Waals surface area contributed by atoms with Crippen LogP contribution in [0.1, 0.15) is 67.7 Å². The minimum atomic E-state index is -0.954. The third-order valence-corrected chi connectivity index (χ3v) is 8.34. The molecule has 2 aromatic rings. The molecule has 0 spiro atoms. The Hall–Kier alpha value is -3.35. The molecule has 7 heteroatoms. The van der Waals surface area contributed by atoms with Crippen LogP contribution in [0.15, 0.2) is 48.5 Å². The maximum absolute atomic E-state index is 13.7. The second kappa shape index (κ2) is 9.26. The lowest BCUT2D eigenvalue weighted by Crippen LogP contribution is -2.53. The zero-order chi connectivity index (χ0) is 24.8. The Labute approximate surface area is 211 Å². The van der Waals surface area contributed by atoms with Gasteiger partial charge >= 0.3 is 12.1 Å². The number of para-hydroxylation sites is 1. The predicted octanol–water partition coefficient (Wildman–Crippen LogP) is 4.88.